The van der Waals surface area contributed by atoms with E-state index < -0.39 is 11.9 Å². The van der Waals surface area contributed by atoms with Crippen LogP contribution < -0.4 is 22.4 Å². The van der Waals surface area contributed by atoms with E-state index in [-0.39, 0.29) is 102 Å². The van der Waals surface area contributed by atoms with E-state index in [9.17, 15) is 39.4 Å². The van der Waals surface area contributed by atoms with Crippen LogP contribution in [0.3, 0.4) is 0 Å². The van der Waals surface area contributed by atoms with Gasteiger partial charge in [-0.15, -0.1) is 0 Å². The van der Waals surface area contributed by atoms with E-state index in [0.29, 0.717) is 65.1 Å². The van der Waals surface area contributed by atoms with Gasteiger partial charge < -0.3 is 49.6 Å². The molecule has 6 aliphatic heterocycles. The third kappa shape index (κ3) is 16.5. The molecule has 12 bridgehead atoms. The van der Waals surface area contributed by atoms with Crippen molar-refractivity contribution < 1.29 is 39.8 Å². The molecule has 18 rings (SSSR count). The molecule has 3 aromatic carbocycles. The van der Waals surface area contributed by atoms with Crippen molar-refractivity contribution in [1.29, 1.82) is 0 Å². The van der Waals surface area contributed by atoms with Gasteiger partial charge >= 0.3 is 11.9 Å². The smallest absolute Gasteiger partial charge is 0.303 e. The number of aliphatic hydroxyl groups excluding tert-OH is 1. The Balaban J connectivity index is 0.000000127. The summed E-state index contributed by atoms with van der Waals surface area (Å²) in [6.07, 6.45) is 41.8. The van der Waals surface area contributed by atoms with Crippen LogP contribution in [0.25, 0.3) is 33.1 Å². The average Bonchev–Trinajstić information content (AvgIpc) is 0.755. The number of hydrogen-bond donors (Lipinski definition) is 5. The fourth-order valence-electron chi connectivity index (χ4n) is 24.7. The van der Waals surface area contributed by atoms with E-state index in [1.165, 1.54) is 180 Å². The predicted molar refractivity (Wildman–Crippen MR) is 427 cm³/mol. The molecule has 6 saturated heterocycles. The Kier molecular flexibility index (Phi) is 23.9. The van der Waals surface area contributed by atoms with Crippen LogP contribution in [0, 0.1) is 35.5 Å². The molecule has 0 amide bonds. The number of carbonyl (C=O) groups is 2. The van der Waals surface area contributed by atoms with E-state index in [1.807, 2.05) is 86.5 Å². The SMILES string of the molecule is CO/N=C(\CCC(=O)O)c1nc2ccccc2n(C2C[C@H]3CCC[C@@H](C2)N3C2C[C@H]3CCC[C@@H](C2)C3)c1=O.N/C(=N\O)c1nc2ccccc2n(C2C[C@H]3CCC[C@@H](C2)N3C2C[C@H]3CCC[C@@H](C2)C3)c1=O.O=C(O)CC/C(=N\OCCO)c1nc2ccccc2n(C2C[C@H]3CCC[C@@H](C2)N3C2C[C@H]3CCC[C@@H](C2)C3)c1=O. The van der Waals surface area contributed by atoms with Gasteiger partial charge in [-0.2, -0.15) is 0 Å². The molecule has 6 aliphatic carbocycles. The van der Waals surface area contributed by atoms with Gasteiger partial charge in [0.15, 0.2) is 22.9 Å². The lowest BCUT2D eigenvalue weighted by atomic mass is 9.68. The standard InChI is InChI=1S/C31H42N4O5.C30H40N4O4.C26H35N5O2/c36-13-14-40-33-27(11-12-29(37)38)30-31(39)35(28-10-2-1-9-26(28)32-30)25-18-22-7-4-8-23(19-25)34(22)24-16-20-5-3-6-21(15-20)17-24;1-38-32-26(12-13-28(35)36)29-30(37)34(27-11-3-2-10-25(27)31-29)24-17-21-8-5-9-22(18-24)33(21)23-15-19-6-4-7-20(14-19)16-23;27-25(29-33)24-26(32)31(23-10-2-1-9-22(23)28-24)21-14-18-7-4-8-19(15-21)30(18)20-12-16-5-3-6-17(11-16)13-20/h1-2,9-10,20-25,36H,3-8,11-19H2,(H,37,38);2-3,10-11,19-24H,4-9,12-18H2,1H3,(H,35,36);1-2,9-10,16-21,33H,3-8,11-15H2,(H2,27,29)/b33-27+;32-26+;/t20-,21+,22-,23+,24?,25?;19-,20+,21-,22+,23?,24?;16-,17+,18-,19+,20?,21?. The van der Waals surface area contributed by atoms with E-state index >= 15 is 0 Å². The van der Waals surface area contributed by atoms with E-state index in [1.54, 1.807) is 0 Å². The summed E-state index contributed by atoms with van der Waals surface area (Å²) in [7, 11) is 1.41. The number of benzene rings is 3. The highest BCUT2D eigenvalue weighted by Crippen LogP contribution is 2.52. The van der Waals surface area contributed by atoms with Gasteiger partial charge in [0.1, 0.15) is 25.1 Å². The Bertz CT molecular complexity index is 4540. The van der Waals surface area contributed by atoms with Crippen LogP contribution >= 0.6 is 0 Å². The minimum Gasteiger partial charge on any atom is -0.481 e. The first-order valence-corrected chi connectivity index (χ1v) is 42.8. The first-order chi connectivity index (χ1) is 54.1. The summed E-state index contributed by atoms with van der Waals surface area (Å²) >= 11 is 0. The fraction of sp³-hybridized carbons (Fsp3) is 0.667. The number of nitrogens with zero attached hydrogens (tertiary/aromatic N) is 12. The van der Waals surface area contributed by atoms with Crippen molar-refractivity contribution in [3.8, 4) is 0 Å². The molecular formula is C87H117N13O11. The van der Waals surface area contributed by atoms with E-state index in [2.05, 4.69) is 45.1 Å². The zero-order valence-corrected chi connectivity index (χ0v) is 65.0. The summed E-state index contributed by atoms with van der Waals surface area (Å²) in [6, 6.07) is 28.7. The maximum atomic E-state index is 14.2. The Hall–Kier alpha value is -7.93. The second-order valence-corrected chi connectivity index (χ2v) is 35.5. The highest BCUT2D eigenvalue weighted by Gasteiger charge is 2.50. The number of para-hydroxylation sites is 6. The first kappa shape index (κ1) is 77.0. The quantitative estimate of drug-likeness (QED) is 0.0165. The van der Waals surface area contributed by atoms with Crippen molar-refractivity contribution in [2.75, 3.05) is 20.3 Å². The van der Waals surface area contributed by atoms with Gasteiger partial charge in [-0.25, -0.2) is 15.0 Å². The van der Waals surface area contributed by atoms with Crippen LogP contribution in [0.15, 0.2) is 103 Å². The number of aromatic nitrogens is 6. The monoisotopic (exact) mass is 1520 g/mol. The van der Waals surface area contributed by atoms with Crippen molar-refractivity contribution in [2.45, 2.75) is 310 Å². The fourth-order valence-corrected chi connectivity index (χ4v) is 24.7. The number of hydrogen-bond acceptors (Lipinski definition) is 18. The zero-order chi connectivity index (χ0) is 76.4. The Morgan fingerprint density at radius 3 is 1.01 bits per heavy atom. The number of fused-ring (bicyclic) bond motifs is 15. The number of nitrogens with two attached hydrogens (primary N) is 1. The zero-order valence-electron chi connectivity index (χ0n) is 65.0. The molecule has 6 N–H and O–H groups in total. The number of rotatable bonds is 19. The lowest BCUT2D eigenvalue weighted by Crippen LogP contribution is -2.58. The summed E-state index contributed by atoms with van der Waals surface area (Å²) in [5.41, 5.74) is 10.7. The number of oxime groups is 3. The largest absolute Gasteiger partial charge is 0.481 e. The third-order valence-electron chi connectivity index (χ3n) is 28.7. The summed E-state index contributed by atoms with van der Waals surface area (Å²) < 4.78 is 5.80. The van der Waals surface area contributed by atoms with Crippen LogP contribution in [-0.4, -0.2) is 168 Å². The van der Waals surface area contributed by atoms with Gasteiger partial charge in [-0.05, 0) is 207 Å². The van der Waals surface area contributed by atoms with Crippen molar-refractivity contribution in [3.63, 3.8) is 0 Å². The molecule has 18 atom stereocenters. The van der Waals surface area contributed by atoms with E-state index in [0.717, 1.165) is 102 Å². The van der Waals surface area contributed by atoms with Crippen LogP contribution in [0.4, 0.5) is 0 Å². The van der Waals surface area contributed by atoms with Crippen molar-refractivity contribution in [3.05, 3.63) is 121 Å². The van der Waals surface area contributed by atoms with Gasteiger partial charge in [-0.3, -0.25) is 38.7 Å². The molecular weight excluding hydrogens is 1400 g/mol. The average molecular weight is 1520 g/mol. The summed E-state index contributed by atoms with van der Waals surface area (Å²) in [5, 5.41) is 48.1. The van der Waals surface area contributed by atoms with Crippen LogP contribution in [0.1, 0.15) is 273 Å². The number of piperidine rings is 6. The Morgan fingerprint density at radius 2 is 0.703 bits per heavy atom. The maximum Gasteiger partial charge on any atom is 0.303 e. The lowest BCUT2D eigenvalue weighted by Gasteiger charge is -2.55. The number of amidine groups is 1. The molecule has 24 nitrogen and oxygen atoms in total. The molecule has 12 fully saturated rings. The molecule has 6 unspecified atom stereocenters. The predicted octanol–water partition coefficient (Wildman–Crippen LogP) is 13.7. The molecule has 0 radical (unpaired) electrons. The van der Waals surface area contributed by atoms with Crippen molar-refractivity contribution in [1.82, 2.24) is 43.4 Å². The molecule has 24 heteroatoms. The number of aliphatic hydroxyl groups is 1. The van der Waals surface area contributed by atoms with Gasteiger partial charge in [-0.1, -0.05) is 129 Å². The van der Waals surface area contributed by atoms with Gasteiger partial charge in [0, 0.05) is 85.3 Å². The summed E-state index contributed by atoms with van der Waals surface area (Å²) in [4.78, 5) is 97.2. The second kappa shape index (κ2) is 34.4. The number of carboxylic acids is 2. The highest BCUT2D eigenvalue weighted by molar-refractivity contribution is 6.01. The van der Waals surface area contributed by atoms with Gasteiger partial charge in [0.2, 0.25) is 0 Å². The maximum absolute atomic E-state index is 14.2. The van der Waals surface area contributed by atoms with E-state index in [4.69, 9.17) is 20.5 Å². The summed E-state index contributed by atoms with van der Waals surface area (Å²) in [5.74, 6) is 3.31. The Morgan fingerprint density at radius 1 is 0.405 bits per heavy atom. The van der Waals surface area contributed by atoms with Crippen LogP contribution in [-0.2, 0) is 19.3 Å². The van der Waals surface area contributed by atoms with Crippen molar-refractivity contribution in [2.24, 2.45) is 56.7 Å². The molecule has 6 aromatic rings. The van der Waals surface area contributed by atoms with Gasteiger partial charge in [0.05, 0.1) is 52.5 Å². The minimum absolute atomic E-state index is 0.0229. The molecule has 111 heavy (non-hydrogen) atoms. The molecule has 9 heterocycles. The normalized spacial score (nSPS) is 32.4. The molecule has 596 valence electrons. The highest BCUT2D eigenvalue weighted by atomic mass is 16.6. The first-order valence-electron chi connectivity index (χ1n) is 42.8. The summed E-state index contributed by atoms with van der Waals surface area (Å²) in [6.45, 7) is -0.266. The molecule has 6 saturated carbocycles. The third-order valence-corrected chi connectivity index (χ3v) is 28.7. The second-order valence-electron chi connectivity index (χ2n) is 35.5. The number of carboxylic acid groups (broad SMARTS) is 2. The van der Waals surface area contributed by atoms with Crippen LogP contribution in [0.5, 0.6) is 0 Å². The Labute approximate surface area is 650 Å². The lowest BCUT2D eigenvalue weighted by molar-refractivity contribution is -0.137. The van der Waals surface area contributed by atoms with Crippen LogP contribution in [0.2, 0.25) is 0 Å². The molecule has 3 aromatic heterocycles. The topological polar surface area (TPSA) is 311 Å². The molecule has 12 aliphatic rings. The molecule has 0 spiro atoms. The van der Waals surface area contributed by atoms with Gasteiger partial charge in [0.25, 0.3) is 16.7 Å². The number of aliphatic carboxylic acids is 2. The minimum atomic E-state index is -0.983. The van der Waals surface area contributed by atoms with Crippen molar-refractivity contribution >= 4 is 62.3 Å².